The molecule has 0 aliphatic heterocycles. The van der Waals surface area contributed by atoms with Crippen LogP contribution in [0.3, 0.4) is 0 Å². The lowest BCUT2D eigenvalue weighted by Crippen LogP contribution is -2.14. The largest absolute Gasteiger partial charge is 0.469 e. The number of methoxy groups -OCH3 is 1. The second kappa shape index (κ2) is 5.66. The van der Waals surface area contributed by atoms with Crippen molar-refractivity contribution in [3.05, 3.63) is 47.3 Å². The van der Waals surface area contributed by atoms with Gasteiger partial charge >= 0.3 is 5.97 Å². The fourth-order valence-corrected chi connectivity index (χ4v) is 1.74. The minimum atomic E-state index is -0.532. The summed E-state index contributed by atoms with van der Waals surface area (Å²) in [5.74, 6) is -1.38. The van der Waals surface area contributed by atoms with Gasteiger partial charge in [0, 0.05) is 5.02 Å². The minimum Gasteiger partial charge on any atom is -0.469 e. The Morgan fingerprint density at radius 3 is 2.88 bits per heavy atom. The Kier molecular flexibility index (Phi) is 4.50. The smallest absolute Gasteiger partial charge is 0.313 e. The fraction of sp³-hybridized carbons (Fsp3) is 0.250. The van der Waals surface area contributed by atoms with Crippen LogP contribution in [-0.4, -0.2) is 13.1 Å². The molecule has 1 aromatic rings. The number of rotatable bonds is 4. The Morgan fingerprint density at radius 2 is 2.38 bits per heavy atom. The van der Waals surface area contributed by atoms with Gasteiger partial charge in [-0.15, -0.1) is 6.58 Å². The molecule has 1 unspecified atom stereocenters. The molecule has 0 amide bonds. The van der Waals surface area contributed by atoms with E-state index >= 15 is 0 Å². The van der Waals surface area contributed by atoms with E-state index in [4.69, 9.17) is 11.6 Å². The third-order valence-corrected chi connectivity index (χ3v) is 2.55. The molecule has 0 aromatic heterocycles. The molecule has 0 spiro atoms. The average molecular weight is 243 g/mol. The molecule has 0 aliphatic rings. The molecule has 0 saturated heterocycles. The zero-order valence-electron chi connectivity index (χ0n) is 8.87. The van der Waals surface area contributed by atoms with E-state index in [1.54, 1.807) is 6.08 Å². The maximum absolute atomic E-state index is 12.9. The summed E-state index contributed by atoms with van der Waals surface area (Å²) in [6, 6.07) is 3.93. The van der Waals surface area contributed by atoms with Crippen LogP contribution in [0.25, 0.3) is 0 Å². The van der Waals surface area contributed by atoms with E-state index in [0.29, 0.717) is 12.0 Å². The van der Waals surface area contributed by atoms with Crippen LogP contribution < -0.4 is 0 Å². The summed E-state index contributed by atoms with van der Waals surface area (Å²) in [6.07, 6.45) is 2.00. The Bertz CT molecular complexity index is 404. The summed E-state index contributed by atoms with van der Waals surface area (Å²) < 4.78 is 17.5. The highest BCUT2D eigenvalue weighted by Crippen LogP contribution is 2.29. The molecule has 16 heavy (non-hydrogen) atoms. The summed E-state index contributed by atoms with van der Waals surface area (Å²) in [6.45, 7) is 3.56. The fourth-order valence-electron chi connectivity index (χ4n) is 1.44. The van der Waals surface area contributed by atoms with Crippen LogP contribution in [0, 0.1) is 5.82 Å². The van der Waals surface area contributed by atoms with Crippen molar-refractivity contribution >= 4 is 17.6 Å². The number of benzene rings is 1. The van der Waals surface area contributed by atoms with Crippen LogP contribution >= 0.6 is 11.6 Å². The molecular weight excluding hydrogens is 231 g/mol. The predicted octanol–water partition coefficient (Wildman–Crippen LogP) is 3.31. The van der Waals surface area contributed by atoms with Crippen LogP contribution in [0.2, 0.25) is 5.02 Å². The number of esters is 1. The second-order valence-corrected chi connectivity index (χ2v) is 3.67. The molecule has 0 N–H and O–H groups in total. The molecule has 4 heteroatoms. The normalized spacial score (nSPS) is 11.9. The third kappa shape index (κ3) is 2.83. The van der Waals surface area contributed by atoms with Crippen molar-refractivity contribution in [1.29, 1.82) is 0 Å². The molecule has 0 fully saturated rings. The predicted molar refractivity (Wildman–Crippen MR) is 61.0 cm³/mol. The molecule has 0 aliphatic carbocycles. The van der Waals surface area contributed by atoms with Crippen molar-refractivity contribution < 1.29 is 13.9 Å². The van der Waals surface area contributed by atoms with Gasteiger partial charge in [-0.3, -0.25) is 4.79 Å². The molecule has 2 nitrogen and oxygen atoms in total. The topological polar surface area (TPSA) is 26.3 Å². The van der Waals surface area contributed by atoms with Gasteiger partial charge in [-0.05, 0) is 24.1 Å². The average Bonchev–Trinajstić information content (AvgIpc) is 2.26. The van der Waals surface area contributed by atoms with Gasteiger partial charge in [-0.2, -0.15) is 0 Å². The van der Waals surface area contributed by atoms with Crippen LogP contribution in [-0.2, 0) is 9.53 Å². The molecule has 0 saturated carbocycles. The monoisotopic (exact) mass is 242 g/mol. The van der Waals surface area contributed by atoms with Gasteiger partial charge in [-0.25, -0.2) is 4.39 Å². The zero-order valence-corrected chi connectivity index (χ0v) is 9.63. The van der Waals surface area contributed by atoms with Gasteiger partial charge in [0.25, 0.3) is 0 Å². The molecule has 0 radical (unpaired) electrons. The quantitative estimate of drug-likeness (QED) is 0.598. The van der Waals surface area contributed by atoms with Gasteiger partial charge in [0.15, 0.2) is 0 Å². The highest BCUT2D eigenvalue weighted by Gasteiger charge is 2.22. The van der Waals surface area contributed by atoms with E-state index in [1.807, 2.05) is 0 Å². The van der Waals surface area contributed by atoms with Crippen molar-refractivity contribution in [2.45, 2.75) is 12.3 Å². The number of carbonyl (C=O) groups is 1. The zero-order chi connectivity index (χ0) is 12.1. The van der Waals surface area contributed by atoms with Crippen LogP contribution in [0.15, 0.2) is 30.9 Å². The number of hydrogen-bond donors (Lipinski definition) is 0. The van der Waals surface area contributed by atoms with Crippen LogP contribution in [0.4, 0.5) is 4.39 Å². The highest BCUT2D eigenvalue weighted by atomic mass is 35.5. The first-order chi connectivity index (χ1) is 7.60. The minimum absolute atomic E-state index is 0.220. The van der Waals surface area contributed by atoms with Gasteiger partial charge in [0.05, 0.1) is 13.0 Å². The van der Waals surface area contributed by atoms with E-state index < -0.39 is 17.7 Å². The summed E-state index contributed by atoms with van der Waals surface area (Å²) in [5.41, 5.74) is 0.551. The summed E-state index contributed by atoms with van der Waals surface area (Å²) in [4.78, 5) is 11.5. The Hall–Kier alpha value is -1.35. The van der Waals surface area contributed by atoms with Gasteiger partial charge in [0.2, 0.25) is 0 Å². The lowest BCUT2D eigenvalue weighted by molar-refractivity contribution is -0.142. The van der Waals surface area contributed by atoms with Crippen LogP contribution in [0.5, 0.6) is 0 Å². The highest BCUT2D eigenvalue weighted by molar-refractivity contribution is 6.31. The standard InChI is InChI=1S/C12H12ClFO2/c1-3-4-10(12(15)16-2)9-6-5-8(14)7-11(9)13/h3,5-7,10H,1,4H2,2H3. The van der Waals surface area contributed by atoms with Gasteiger partial charge < -0.3 is 4.74 Å². The molecular formula is C12H12ClFO2. The number of halogens is 2. The number of allylic oxidation sites excluding steroid dienone is 1. The number of hydrogen-bond acceptors (Lipinski definition) is 2. The van der Waals surface area contributed by atoms with E-state index in [0.717, 1.165) is 0 Å². The first-order valence-electron chi connectivity index (χ1n) is 4.73. The molecule has 86 valence electrons. The van der Waals surface area contributed by atoms with E-state index in [-0.39, 0.29) is 5.02 Å². The number of ether oxygens (including phenoxy) is 1. The maximum Gasteiger partial charge on any atom is 0.313 e. The van der Waals surface area contributed by atoms with Crippen molar-refractivity contribution in [2.24, 2.45) is 0 Å². The van der Waals surface area contributed by atoms with Crippen molar-refractivity contribution in [3.63, 3.8) is 0 Å². The van der Waals surface area contributed by atoms with Gasteiger partial charge in [-0.1, -0.05) is 23.7 Å². The summed E-state index contributed by atoms with van der Waals surface area (Å²) in [7, 11) is 1.30. The Labute approximate surface area is 98.7 Å². The van der Waals surface area contributed by atoms with Crippen molar-refractivity contribution in [1.82, 2.24) is 0 Å². The lowest BCUT2D eigenvalue weighted by atomic mass is 9.96. The van der Waals surface area contributed by atoms with E-state index in [9.17, 15) is 9.18 Å². The lowest BCUT2D eigenvalue weighted by Gasteiger charge is -2.14. The first-order valence-corrected chi connectivity index (χ1v) is 5.11. The SMILES string of the molecule is C=CCC(C(=O)OC)c1ccc(F)cc1Cl. The van der Waals surface area contributed by atoms with Crippen molar-refractivity contribution in [2.75, 3.05) is 7.11 Å². The van der Waals surface area contributed by atoms with Crippen molar-refractivity contribution in [3.8, 4) is 0 Å². The molecule has 1 aromatic carbocycles. The number of carbonyl (C=O) groups excluding carboxylic acids is 1. The molecule has 1 atom stereocenters. The first kappa shape index (κ1) is 12.7. The molecule has 1 rings (SSSR count). The Balaban J connectivity index is 3.10. The molecule has 0 heterocycles. The Morgan fingerprint density at radius 1 is 1.69 bits per heavy atom. The summed E-state index contributed by atoms with van der Waals surface area (Å²) in [5, 5.41) is 0.220. The van der Waals surface area contributed by atoms with Crippen LogP contribution in [0.1, 0.15) is 17.9 Å². The van der Waals surface area contributed by atoms with E-state index in [1.165, 1.54) is 25.3 Å². The summed E-state index contributed by atoms with van der Waals surface area (Å²) >= 11 is 5.88. The maximum atomic E-state index is 12.9. The third-order valence-electron chi connectivity index (χ3n) is 2.23. The van der Waals surface area contributed by atoms with E-state index in [2.05, 4.69) is 11.3 Å². The molecule has 0 bridgehead atoms. The second-order valence-electron chi connectivity index (χ2n) is 3.27. The van der Waals surface area contributed by atoms with Gasteiger partial charge in [0.1, 0.15) is 5.82 Å².